The van der Waals surface area contributed by atoms with E-state index in [1.165, 1.54) is 7.41 Å². The van der Waals surface area contributed by atoms with Crippen molar-refractivity contribution in [3.8, 4) is 17.3 Å². The third-order valence-electron chi connectivity index (χ3n) is 7.80. The van der Waals surface area contributed by atoms with Crippen LogP contribution in [0.5, 0.6) is 0 Å². The number of hydrogen-bond donors (Lipinski definition) is 1. The lowest BCUT2D eigenvalue weighted by molar-refractivity contribution is 0.219. The number of carbonyl (C=O) groups is 1. The van der Waals surface area contributed by atoms with Gasteiger partial charge in [-0.1, -0.05) is 39.3 Å². The lowest BCUT2D eigenvalue weighted by Crippen LogP contribution is -2.46. The SMILES string of the molecule is Cc1nc(C)c(Cl)c(Nc2nccc(-c3cc(C#N)c4c(c3)[C@@](C)(CO[Si](C)(C)C(C)(C)C)CN4[B]C=O)n2)n1. The Labute approximate surface area is 242 Å². The summed E-state index contributed by atoms with van der Waals surface area (Å²) < 4.78 is 6.67. The van der Waals surface area contributed by atoms with Gasteiger partial charge in [0.05, 0.1) is 17.0 Å². The van der Waals surface area contributed by atoms with Crippen molar-refractivity contribution in [2.24, 2.45) is 0 Å². The molecule has 3 heterocycles. The second-order valence-electron chi connectivity index (χ2n) is 12.0. The van der Waals surface area contributed by atoms with E-state index in [1.54, 1.807) is 25.3 Å². The van der Waals surface area contributed by atoms with E-state index in [9.17, 15) is 10.1 Å². The second kappa shape index (κ2) is 10.9. The van der Waals surface area contributed by atoms with Crippen LogP contribution in [0, 0.1) is 25.2 Å². The Kier molecular flexibility index (Phi) is 8.09. The van der Waals surface area contributed by atoms with E-state index in [1.807, 2.05) is 17.8 Å². The van der Waals surface area contributed by atoms with Crippen molar-refractivity contribution < 1.29 is 9.22 Å². The van der Waals surface area contributed by atoms with Gasteiger partial charge >= 0.3 is 7.41 Å². The third-order valence-corrected chi connectivity index (χ3v) is 12.7. The number of halogens is 1. The summed E-state index contributed by atoms with van der Waals surface area (Å²) in [5.41, 5.74) is 3.71. The van der Waals surface area contributed by atoms with Crippen LogP contribution in [0.3, 0.4) is 0 Å². The Bertz CT molecular complexity index is 1510. The van der Waals surface area contributed by atoms with E-state index in [0.29, 0.717) is 52.7 Å². The Morgan fingerprint density at radius 1 is 1.27 bits per heavy atom. The molecule has 3 aromatic rings. The molecule has 0 saturated carbocycles. The molecule has 4 rings (SSSR count). The fraction of sp³-hybridized carbons (Fsp3) is 0.429. The fourth-order valence-electron chi connectivity index (χ4n) is 4.53. The predicted octanol–water partition coefficient (Wildman–Crippen LogP) is 5.73. The molecule has 0 spiro atoms. The number of aromatic nitrogens is 4. The van der Waals surface area contributed by atoms with Gasteiger partial charge in [-0.05, 0) is 55.7 Å². The van der Waals surface area contributed by atoms with E-state index in [4.69, 9.17) is 21.0 Å². The Morgan fingerprint density at radius 3 is 2.65 bits per heavy atom. The van der Waals surface area contributed by atoms with Gasteiger partial charge < -0.3 is 19.3 Å². The molecule has 0 amide bonds. The molecular weight excluding hydrogens is 541 g/mol. The van der Waals surface area contributed by atoms with Gasteiger partial charge in [-0.15, -0.1) is 0 Å². The number of nitrogens with one attached hydrogen (secondary N) is 1. The molecule has 1 aliphatic heterocycles. The summed E-state index contributed by atoms with van der Waals surface area (Å²) in [6.45, 7) is 17.8. The Balaban J connectivity index is 1.76. The minimum atomic E-state index is -2.05. The number of nitrogens with zero attached hydrogens (tertiary/aromatic N) is 6. The third kappa shape index (κ3) is 5.75. The lowest BCUT2D eigenvalue weighted by Gasteiger charge is -2.39. The van der Waals surface area contributed by atoms with Crippen molar-refractivity contribution >= 4 is 51.0 Å². The van der Waals surface area contributed by atoms with E-state index < -0.39 is 13.7 Å². The smallest absolute Gasteiger partial charge is 0.329 e. The molecule has 0 saturated heterocycles. The summed E-state index contributed by atoms with van der Waals surface area (Å²) in [5, 5.41) is 13.7. The molecule has 0 aliphatic carbocycles. The van der Waals surface area contributed by atoms with Crippen molar-refractivity contribution in [2.45, 2.75) is 65.1 Å². The molecule has 2 aromatic heterocycles. The first kappa shape index (κ1) is 29.6. The molecule has 207 valence electrons. The Hall–Kier alpha value is -3.33. The van der Waals surface area contributed by atoms with Gasteiger partial charge in [-0.3, -0.25) is 0 Å². The highest BCUT2D eigenvalue weighted by Gasteiger charge is 2.44. The van der Waals surface area contributed by atoms with Crippen molar-refractivity contribution in [3.63, 3.8) is 0 Å². The number of nitriles is 1. The quantitative estimate of drug-likeness (QED) is 0.266. The molecule has 1 atom stereocenters. The summed E-state index contributed by atoms with van der Waals surface area (Å²) in [6, 6.07) is 7.96. The zero-order valence-electron chi connectivity index (χ0n) is 24.3. The Morgan fingerprint density at radius 2 is 2.00 bits per heavy atom. The molecule has 1 aromatic carbocycles. The molecule has 0 fully saturated rings. The number of rotatable bonds is 8. The van der Waals surface area contributed by atoms with E-state index in [-0.39, 0.29) is 5.04 Å². The predicted molar refractivity (Wildman–Crippen MR) is 162 cm³/mol. The van der Waals surface area contributed by atoms with Crippen LogP contribution in [0.4, 0.5) is 17.5 Å². The van der Waals surface area contributed by atoms with Crippen molar-refractivity contribution in [2.75, 3.05) is 23.3 Å². The number of carbonyl (C=O) groups excluding carboxylic acids is 1. The van der Waals surface area contributed by atoms with Gasteiger partial charge in [0.2, 0.25) is 5.95 Å². The van der Waals surface area contributed by atoms with Gasteiger partial charge in [-0.25, -0.2) is 19.9 Å². The van der Waals surface area contributed by atoms with Crippen molar-refractivity contribution in [3.05, 3.63) is 52.1 Å². The van der Waals surface area contributed by atoms with Crippen LogP contribution < -0.4 is 10.1 Å². The standard InChI is InChI=1S/C28H34BClN7O2Si/c1-17-23(30)25(34-18(2)33-17)36-26-32-10-9-22(35-26)19-11-20(13-31)24-21(12-19)28(6,14-37(24)29-16-38)15-39-40(7,8)27(3,4)5/h9-12,16H,14-15H2,1-8H3,(H,32,33,34,35,36)/t28-/m1/s1. The highest BCUT2D eigenvalue weighted by Crippen LogP contribution is 2.46. The summed E-state index contributed by atoms with van der Waals surface area (Å²) in [6.07, 6.45) is 2.40. The maximum Gasteiger partial charge on any atom is 0.329 e. The first-order chi connectivity index (χ1) is 18.7. The topological polar surface area (TPSA) is 117 Å². The summed E-state index contributed by atoms with van der Waals surface area (Å²) in [5.74, 6) is 1.32. The van der Waals surface area contributed by atoms with Crippen LogP contribution in [-0.2, 0) is 14.6 Å². The molecule has 1 N–H and O–H groups in total. The molecule has 1 aliphatic rings. The van der Waals surface area contributed by atoms with Crippen LogP contribution in [0.2, 0.25) is 23.2 Å². The number of hydrogen-bond acceptors (Lipinski definition) is 9. The second-order valence-corrected chi connectivity index (χ2v) is 17.2. The molecule has 12 heteroatoms. The molecular formula is C28H34BClN7O2Si. The van der Waals surface area contributed by atoms with Crippen LogP contribution in [0.25, 0.3) is 11.3 Å². The van der Waals surface area contributed by atoms with Gasteiger partial charge in [0.15, 0.2) is 14.1 Å². The first-order valence-corrected chi connectivity index (χ1v) is 16.4. The van der Waals surface area contributed by atoms with Gasteiger partial charge in [0, 0.05) is 36.0 Å². The summed E-state index contributed by atoms with van der Waals surface area (Å²) in [4.78, 5) is 31.1. The summed E-state index contributed by atoms with van der Waals surface area (Å²) >= 11 is 6.42. The highest BCUT2D eigenvalue weighted by atomic mass is 35.5. The van der Waals surface area contributed by atoms with Gasteiger partial charge in [0.1, 0.15) is 23.1 Å². The highest BCUT2D eigenvalue weighted by molar-refractivity contribution is 6.74. The number of benzene rings is 1. The molecule has 0 bridgehead atoms. The lowest BCUT2D eigenvalue weighted by atomic mass is 9.83. The zero-order valence-corrected chi connectivity index (χ0v) is 26.0. The zero-order chi connectivity index (χ0) is 29.5. The normalized spacial score (nSPS) is 16.9. The van der Waals surface area contributed by atoms with E-state index in [2.05, 4.69) is 67.1 Å². The molecule has 1 radical (unpaired) electrons. The first-order valence-electron chi connectivity index (χ1n) is 13.1. The number of anilines is 3. The molecule has 40 heavy (non-hydrogen) atoms. The largest absolute Gasteiger partial charge is 0.416 e. The maximum absolute atomic E-state index is 11.5. The monoisotopic (exact) mass is 574 g/mol. The van der Waals surface area contributed by atoms with Gasteiger partial charge in [-0.2, -0.15) is 5.26 Å². The average Bonchev–Trinajstić information content (AvgIpc) is 3.17. The number of aryl methyl sites for hydroxylation is 2. The molecule has 0 unspecified atom stereocenters. The number of fused-ring (bicyclic) bond motifs is 1. The maximum atomic E-state index is 11.5. The van der Waals surface area contributed by atoms with Gasteiger partial charge in [0.25, 0.3) is 0 Å². The van der Waals surface area contributed by atoms with Crippen molar-refractivity contribution in [1.82, 2.24) is 19.9 Å². The van der Waals surface area contributed by atoms with Crippen LogP contribution >= 0.6 is 11.6 Å². The minimum Gasteiger partial charge on any atom is -0.416 e. The van der Waals surface area contributed by atoms with Crippen LogP contribution in [0.1, 0.15) is 50.3 Å². The molecule has 9 nitrogen and oxygen atoms in total. The van der Waals surface area contributed by atoms with E-state index >= 15 is 0 Å². The average molecular weight is 575 g/mol. The van der Waals surface area contributed by atoms with Crippen molar-refractivity contribution in [1.29, 1.82) is 5.26 Å². The fourth-order valence-corrected chi connectivity index (χ4v) is 5.77. The van der Waals surface area contributed by atoms with Crippen LogP contribution in [-0.4, -0.2) is 55.0 Å². The minimum absolute atomic E-state index is 0.0487. The van der Waals surface area contributed by atoms with E-state index in [0.717, 1.165) is 23.0 Å². The summed E-state index contributed by atoms with van der Waals surface area (Å²) in [7, 11) is -0.566. The van der Waals surface area contributed by atoms with Crippen LogP contribution in [0.15, 0.2) is 24.4 Å².